The van der Waals surface area contributed by atoms with Crippen molar-refractivity contribution in [2.24, 2.45) is 5.16 Å². The van der Waals surface area contributed by atoms with Gasteiger partial charge in [-0.05, 0) is 49.4 Å². The van der Waals surface area contributed by atoms with Crippen LogP contribution in [0.2, 0.25) is 0 Å². The maximum Gasteiger partial charge on any atom is 0.249 e. The molecule has 2 aliphatic rings. The topological polar surface area (TPSA) is 59.9 Å². The van der Waals surface area contributed by atoms with Crippen LogP contribution in [0.5, 0.6) is 0 Å². The summed E-state index contributed by atoms with van der Waals surface area (Å²) in [6.45, 7) is 5.33. The van der Waals surface area contributed by atoms with E-state index in [1.165, 1.54) is 11.1 Å². The second-order valence-corrected chi connectivity index (χ2v) is 6.02. The van der Waals surface area contributed by atoms with Crippen LogP contribution >= 0.6 is 0 Å². The number of amides is 1. The van der Waals surface area contributed by atoms with Crippen molar-refractivity contribution in [3.05, 3.63) is 34.9 Å². The normalized spacial score (nSPS) is 24.0. The van der Waals surface area contributed by atoms with Gasteiger partial charge in [-0.2, -0.15) is 0 Å². The zero-order valence-electron chi connectivity index (χ0n) is 13.1. The van der Waals surface area contributed by atoms with Crippen LogP contribution in [0.15, 0.2) is 23.4 Å². The van der Waals surface area contributed by atoms with E-state index in [4.69, 9.17) is 9.57 Å². The molecule has 0 bridgehead atoms. The van der Waals surface area contributed by atoms with Crippen molar-refractivity contribution in [1.82, 2.24) is 5.32 Å². The van der Waals surface area contributed by atoms with Crippen molar-refractivity contribution in [2.45, 2.75) is 45.3 Å². The fraction of sp³-hybridized carbons (Fsp3) is 0.529. The maximum atomic E-state index is 11.9. The van der Waals surface area contributed by atoms with Crippen LogP contribution in [0, 0.1) is 13.8 Å². The molecule has 2 aliphatic heterocycles. The van der Waals surface area contributed by atoms with Gasteiger partial charge in [0.15, 0.2) is 0 Å². The number of nitrogens with one attached hydrogen (secondary N) is 1. The van der Waals surface area contributed by atoms with E-state index in [-0.39, 0.29) is 18.1 Å². The van der Waals surface area contributed by atoms with E-state index >= 15 is 0 Å². The minimum Gasteiger partial charge on any atom is -0.390 e. The van der Waals surface area contributed by atoms with E-state index in [0.29, 0.717) is 19.6 Å². The highest BCUT2D eigenvalue weighted by atomic mass is 16.6. The molecule has 0 saturated carbocycles. The number of aryl methyl sites for hydroxylation is 2. The molecule has 3 rings (SSSR count). The van der Waals surface area contributed by atoms with Crippen molar-refractivity contribution < 1.29 is 14.4 Å². The van der Waals surface area contributed by atoms with Crippen molar-refractivity contribution in [2.75, 3.05) is 13.2 Å². The molecule has 1 amide bonds. The molecule has 118 valence electrons. The van der Waals surface area contributed by atoms with Gasteiger partial charge in [0.2, 0.25) is 5.91 Å². The Kier molecular flexibility index (Phi) is 4.43. The quantitative estimate of drug-likeness (QED) is 0.926. The van der Waals surface area contributed by atoms with Gasteiger partial charge in [-0.1, -0.05) is 17.3 Å². The summed E-state index contributed by atoms with van der Waals surface area (Å²) in [6.07, 6.45) is 2.09. The second kappa shape index (κ2) is 6.48. The summed E-state index contributed by atoms with van der Waals surface area (Å²) in [5.41, 5.74) is 4.55. The molecule has 1 fully saturated rings. The highest BCUT2D eigenvalue weighted by Gasteiger charge is 2.27. The smallest absolute Gasteiger partial charge is 0.249 e. The average molecular weight is 302 g/mol. The molecule has 1 saturated heterocycles. The summed E-state index contributed by atoms with van der Waals surface area (Å²) in [5.74, 6) is -0.0410. The Hall–Kier alpha value is -1.88. The summed E-state index contributed by atoms with van der Waals surface area (Å²) in [5, 5.41) is 7.06. The van der Waals surface area contributed by atoms with Crippen LogP contribution in [0.3, 0.4) is 0 Å². The van der Waals surface area contributed by atoms with Crippen LogP contribution in [0.4, 0.5) is 0 Å². The number of benzene rings is 1. The van der Waals surface area contributed by atoms with Gasteiger partial charge in [0, 0.05) is 13.0 Å². The Labute approximate surface area is 130 Å². The highest BCUT2D eigenvalue weighted by molar-refractivity contribution is 6.01. The summed E-state index contributed by atoms with van der Waals surface area (Å²) >= 11 is 0. The molecule has 2 heterocycles. The number of oxime groups is 1. The molecule has 1 aromatic carbocycles. The van der Waals surface area contributed by atoms with Crippen molar-refractivity contribution >= 4 is 11.6 Å². The zero-order chi connectivity index (χ0) is 15.5. The number of carbonyl (C=O) groups is 1. The lowest BCUT2D eigenvalue weighted by atomic mass is 10.0. The molecule has 1 aromatic rings. The molecule has 1 N–H and O–H groups in total. The number of hydrogen-bond donors (Lipinski definition) is 1. The summed E-state index contributed by atoms with van der Waals surface area (Å²) in [6, 6.07) is 6.29. The van der Waals surface area contributed by atoms with Gasteiger partial charge in [0.05, 0.1) is 12.3 Å². The van der Waals surface area contributed by atoms with Gasteiger partial charge in [0.25, 0.3) is 0 Å². The van der Waals surface area contributed by atoms with Crippen molar-refractivity contribution in [3.8, 4) is 0 Å². The maximum absolute atomic E-state index is 11.9. The van der Waals surface area contributed by atoms with Gasteiger partial charge in [-0.15, -0.1) is 0 Å². The minimum atomic E-state index is -0.290. The largest absolute Gasteiger partial charge is 0.390 e. The van der Waals surface area contributed by atoms with Gasteiger partial charge < -0.3 is 14.9 Å². The lowest BCUT2D eigenvalue weighted by molar-refractivity contribution is -0.130. The van der Waals surface area contributed by atoms with Gasteiger partial charge >= 0.3 is 0 Å². The molecule has 2 atom stereocenters. The first-order valence-corrected chi connectivity index (χ1v) is 7.83. The van der Waals surface area contributed by atoms with E-state index in [1.807, 2.05) is 0 Å². The molecular formula is C17H22N2O3. The standard InChI is InChI=1S/C17H22N2O3/c1-11-5-6-13(8-12(11)2)15-9-14(22-19-15)10-18-17(20)16-4-3-7-21-16/h5-6,8,14,16H,3-4,7,9-10H2,1-2H3,(H,18,20)/t14?,16-/m0/s1. The summed E-state index contributed by atoms with van der Waals surface area (Å²) in [4.78, 5) is 17.3. The monoisotopic (exact) mass is 302 g/mol. The van der Waals surface area contributed by atoms with E-state index in [1.54, 1.807) is 0 Å². The van der Waals surface area contributed by atoms with Crippen LogP contribution in [0.25, 0.3) is 0 Å². The lowest BCUT2D eigenvalue weighted by Gasteiger charge is -2.13. The third-order valence-corrected chi connectivity index (χ3v) is 4.30. The van der Waals surface area contributed by atoms with Gasteiger partial charge in [0.1, 0.15) is 12.2 Å². The highest BCUT2D eigenvalue weighted by Crippen LogP contribution is 2.19. The molecule has 5 nitrogen and oxygen atoms in total. The third kappa shape index (κ3) is 3.30. The Morgan fingerprint density at radius 1 is 1.36 bits per heavy atom. The number of rotatable bonds is 4. The molecule has 22 heavy (non-hydrogen) atoms. The number of nitrogens with zero attached hydrogens (tertiary/aromatic N) is 1. The Balaban J connectivity index is 1.51. The molecule has 0 aliphatic carbocycles. The first kappa shape index (κ1) is 15.0. The van der Waals surface area contributed by atoms with Crippen LogP contribution < -0.4 is 5.32 Å². The SMILES string of the molecule is Cc1ccc(C2=NOC(CNC(=O)[C@@H]3CCCO3)C2)cc1C. The van der Waals surface area contributed by atoms with Crippen LogP contribution in [-0.2, 0) is 14.4 Å². The van der Waals surface area contributed by atoms with E-state index in [9.17, 15) is 4.79 Å². The number of ether oxygens (including phenoxy) is 1. The van der Waals surface area contributed by atoms with Crippen LogP contribution in [0.1, 0.15) is 36.0 Å². The summed E-state index contributed by atoms with van der Waals surface area (Å²) < 4.78 is 5.36. The third-order valence-electron chi connectivity index (χ3n) is 4.30. The molecule has 0 spiro atoms. The predicted octanol–water partition coefficient (Wildman–Crippen LogP) is 2.09. The van der Waals surface area contributed by atoms with Gasteiger partial charge in [-0.25, -0.2) is 0 Å². The van der Waals surface area contributed by atoms with Crippen molar-refractivity contribution in [3.63, 3.8) is 0 Å². The number of carbonyl (C=O) groups excluding carboxylic acids is 1. The zero-order valence-corrected chi connectivity index (χ0v) is 13.1. The van der Waals surface area contributed by atoms with E-state index in [2.05, 4.69) is 42.5 Å². The Bertz CT molecular complexity index is 592. The predicted molar refractivity (Wildman–Crippen MR) is 83.9 cm³/mol. The number of hydrogen-bond acceptors (Lipinski definition) is 4. The molecular weight excluding hydrogens is 280 g/mol. The molecule has 0 aromatic heterocycles. The minimum absolute atomic E-state index is 0.0410. The Morgan fingerprint density at radius 3 is 2.95 bits per heavy atom. The molecule has 0 radical (unpaired) electrons. The molecule has 1 unspecified atom stereocenters. The van der Waals surface area contributed by atoms with E-state index < -0.39 is 0 Å². The first-order chi connectivity index (χ1) is 10.6. The Morgan fingerprint density at radius 2 is 2.23 bits per heavy atom. The fourth-order valence-corrected chi connectivity index (χ4v) is 2.74. The molecule has 5 heteroatoms. The lowest BCUT2D eigenvalue weighted by Crippen LogP contribution is -2.38. The summed E-state index contributed by atoms with van der Waals surface area (Å²) in [7, 11) is 0. The van der Waals surface area contributed by atoms with Crippen LogP contribution in [-0.4, -0.2) is 37.0 Å². The van der Waals surface area contributed by atoms with E-state index in [0.717, 1.165) is 24.1 Å². The van der Waals surface area contributed by atoms with Gasteiger partial charge in [-0.3, -0.25) is 4.79 Å². The average Bonchev–Trinajstić information content (AvgIpc) is 3.19. The second-order valence-electron chi connectivity index (χ2n) is 6.02. The van der Waals surface area contributed by atoms with Crippen molar-refractivity contribution in [1.29, 1.82) is 0 Å². The first-order valence-electron chi connectivity index (χ1n) is 7.83. The fourth-order valence-electron chi connectivity index (χ4n) is 2.74.